The van der Waals surface area contributed by atoms with Gasteiger partial charge in [-0.3, -0.25) is 14.5 Å². The summed E-state index contributed by atoms with van der Waals surface area (Å²) in [6.07, 6.45) is 0. The van der Waals surface area contributed by atoms with E-state index in [1.807, 2.05) is 31.2 Å². The number of piperazine rings is 1. The number of ketones is 1. The van der Waals surface area contributed by atoms with Gasteiger partial charge < -0.3 is 10.2 Å². The van der Waals surface area contributed by atoms with Crippen molar-refractivity contribution in [2.45, 2.75) is 19.9 Å². The van der Waals surface area contributed by atoms with E-state index < -0.39 is 0 Å². The molecule has 1 N–H and O–H groups in total. The van der Waals surface area contributed by atoms with E-state index in [4.69, 9.17) is 5.26 Å². The van der Waals surface area contributed by atoms with E-state index in [9.17, 15) is 9.59 Å². The van der Waals surface area contributed by atoms with Crippen LogP contribution in [-0.2, 0) is 4.79 Å². The molecule has 144 valence electrons. The van der Waals surface area contributed by atoms with Crippen LogP contribution >= 0.6 is 0 Å². The minimum atomic E-state index is -0.238. The lowest BCUT2D eigenvalue weighted by Crippen LogP contribution is -2.52. The molecule has 0 unspecified atom stereocenters. The molecule has 1 aliphatic rings. The van der Waals surface area contributed by atoms with E-state index in [2.05, 4.69) is 21.2 Å². The molecule has 1 aliphatic heterocycles. The van der Waals surface area contributed by atoms with E-state index in [1.165, 1.54) is 0 Å². The maximum Gasteiger partial charge on any atom is 0.241 e. The summed E-state index contributed by atoms with van der Waals surface area (Å²) in [6, 6.07) is 16.4. The quantitative estimate of drug-likeness (QED) is 0.812. The molecule has 1 heterocycles. The highest BCUT2D eigenvalue weighted by atomic mass is 16.2. The number of carbonyl (C=O) groups is 2. The lowest BCUT2D eigenvalue weighted by atomic mass is 10.1. The molecule has 0 bridgehead atoms. The summed E-state index contributed by atoms with van der Waals surface area (Å²) >= 11 is 0. The van der Waals surface area contributed by atoms with Crippen molar-refractivity contribution < 1.29 is 9.59 Å². The second-order valence-corrected chi connectivity index (χ2v) is 6.98. The van der Waals surface area contributed by atoms with Gasteiger partial charge in [0.25, 0.3) is 0 Å². The first-order valence-electron chi connectivity index (χ1n) is 9.39. The van der Waals surface area contributed by atoms with Crippen molar-refractivity contribution in [2.75, 3.05) is 36.4 Å². The molecule has 0 radical (unpaired) electrons. The summed E-state index contributed by atoms with van der Waals surface area (Å²) < 4.78 is 0. The van der Waals surface area contributed by atoms with Crippen LogP contribution in [0.3, 0.4) is 0 Å². The predicted octanol–water partition coefficient (Wildman–Crippen LogP) is 2.91. The highest BCUT2D eigenvalue weighted by Gasteiger charge is 2.25. The van der Waals surface area contributed by atoms with Crippen molar-refractivity contribution in [1.82, 2.24) is 4.90 Å². The van der Waals surface area contributed by atoms with E-state index >= 15 is 0 Å². The summed E-state index contributed by atoms with van der Waals surface area (Å²) in [5, 5.41) is 11.8. The third kappa shape index (κ3) is 4.56. The highest BCUT2D eigenvalue weighted by Crippen LogP contribution is 2.19. The highest BCUT2D eigenvalue weighted by molar-refractivity contribution is 5.95. The Morgan fingerprint density at radius 3 is 2.14 bits per heavy atom. The third-order valence-electron chi connectivity index (χ3n) is 5.16. The molecule has 2 aromatic rings. The maximum atomic E-state index is 12.6. The summed E-state index contributed by atoms with van der Waals surface area (Å²) in [6.45, 7) is 6.71. The van der Waals surface area contributed by atoms with Gasteiger partial charge in [0.1, 0.15) is 0 Å². The van der Waals surface area contributed by atoms with E-state index in [0.29, 0.717) is 11.3 Å². The van der Waals surface area contributed by atoms with Crippen LogP contribution in [0, 0.1) is 11.3 Å². The van der Waals surface area contributed by atoms with Crippen molar-refractivity contribution >= 4 is 23.1 Å². The summed E-state index contributed by atoms with van der Waals surface area (Å²) in [5.74, 6) is 0.0161. The Morgan fingerprint density at radius 1 is 1.00 bits per heavy atom. The Bertz CT molecular complexity index is 876. The second kappa shape index (κ2) is 8.68. The smallest absolute Gasteiger partial charge is 0.241 e. The van der Waals surface area contributed by atoms with Crippen LogP contribution < -0.4 is 10.2 Å². The first-order valence-corrected chi connectivity index (χ1v) is 9.39. The van der Waals surface area contributed by atoms with Gasteiger partial charge in [0.2, 0.25) is 5.91 Å². The molecule has 1 amide bonds. The summed E-state index contributed by atoms with van der Waals surface area (Å²) in [5.41, 5.74) is 3.08. The van der Waals surface area contributed by atoms with E-state index in [1.54, 1.807) is 31.2 Å². The molecule has 6 heteroatoms. The molecule has 3 rings (SSSR count). The fraction of sp³-hybridized carbons (Fsp3) is 0.318. The number of hydrogen-bond acceptors (Lipinski definition) is 5. The number of amides is 1. The predicted molar refractivity (Wildman–Crippen MR) is 109 cm³/mol. The number of rotatable bonds is 5. The molecule has 6 nitrogen and oxygen atoms in total. The average Bonchev–Trinajstić information content (AvgIpc) is 2.74. The number of anilines is 2. The molecule has 2 aromatic carbocycles. The molecule has 0 saturated carbocycles. The van der Waals surface area contributed by atoms with Gasteiger partial charge in [-0.2, -0.15) is 5.26 Å². The fourth-order valence-electron chi connectivity index (χ4n) is 3.31. The molecular formula is C22H24N4O2. The van der Waals surface area contributed by atoms with Crippen molar-refractivity contribution in [3.05, 3.63) is 59.7 Å². The Labute approximate surface area is 165 Å². The average molecular weight is 376 g/mol. The van der Waals surface area contributed by atoms with Gasteiger partial charge in [0.15, 0.2) is 5.78 Å². The zero-order valence-electron chi connectivity index (χ0n) is 16.2. The Balaban J connectivity index is 1.53. The third-order valence-corrected chi connectivity index (χ3v) is 5.16. The minimum Gasteiger partial charge on any atom is -0.369 e. The number of nitriles is 1. The van der Waals surface area contributed by atoms with Crippen molar-refractivity contribution in [2.24, 2.45) is 0 Å². The molecule has 0 aromatic heterocycles. The van der Waals surface area contributed by atoms with Crippen LogP contribution in [0.25, 0.3) is 0 Å². The standard InChI is InChI=1S/C22H24N4O2/c1-16(22(28)24-20-7-3-18(15-23)4-8-20)25-11-13-26(14-12-25)21-9-5-19(6-10-21)17(2)27/h3-10,16H,11-14H2,1-2H3,(H,24,28)/t16-/m1/s1. The van der Waals surface area contributed by atoms with Crippen molar-refractivity contribution in [3.8, 4) is 6.07 Å². The Kier molecular flexibility index (Phi) is 6.07. The lowest BCUT2D eigenvalue weighted by Gasteiger charge is -2.38. The van der Waals surface area contributed by atoms with Gasteiger partial charge in [-0.05, 0) is 62.4 Å². The molecule has 28 heavy (non-hydrogen) atoms. The SMILES string of the molecule is CC(=O)c1ccc(N2CCN([C@H](C)C(=O)Nc3ccc(C#N)cc3)CC2)cc1. The summed E-state index contributed by atoms with van der Waals surface area (Å²) in [7, 11) is 0. The number of benzene rings is 2. The van der Waals surface area contributed by atoms with Crippen molar-refractivity contribution in [1.29, 1.82) is 5.26 Å². The molecule has 1 fully saturated rings. The van der Waals surface area contributed by atoms with Gasteiger partial charge >= 0.3 is 0 Å². The zero-order chi connectivity index (χ0) is 20.1. The normalized spacial score (nSPS) is 15.5. The number of Topliss-reactive ketones (excluding diaryl/α,β-unsaturated/α-hetero) is 1. The topological polar surface area (TPSA) is 76.4 Å². The Hall–Kier alpha value is -3.17. The molecule has 1 saturated heterocycles. The Morgan fingerprint density at radius 2 is 1.61 bits per heavy atom. The van der Waals surface area contributed by atoms with Gasteiger partial charge in [-0.25, -0.2) is 0 Å². The van der Waals surface area contributed by atoms with Gasteiger partial charge in [-0.1, -0.05) is 0 Å². The fourth-order valence-corrected chi connectivity index (χ4v) is 3.31. The largest absolute Gasteiger partial charge is 0.369 e. The molecular weight excluding hydrogens is 352 g/mol. The zero-order valence-corrected chi connectivity index (χ0v) is 16.2. The van der Waals surface area contributed by atoms with Gasteiger partial charge in [0, 0.05) is 43.1 Å². The molecule has 1 atom stereocenters. The number of hydrogen-bond donors (Lipinski definition) is 1. The van der Waals surface area contributed by atoms with Crippen LogP contribution in [0.5, 0.6) is 0 Å². The number of nitrogens with one attached hydrogen (secondary N) is 1. The number of nitrogens with zero attached hydrogens (tertiary/aromatic N) is 3. The van der Waals surface area contributed by atoms with E-state index in [-0.39, 0.29) is 17.7 Å². The molecule has 0 aliphatic carbocycles. The minimum absolute atomic E-state index is 0.0519. The second-order valence-electron chi connectivity index (χ2n) is 6.98. The molecule has 0 spiro atoms. The first-order chi connectivity index (χ1) is 13.5. The van der Waals surface area contributed by atoms with E-state index in [0.717, 1.165) is 37.4 Å². The lowest BCUT2D eigenvalue weighted by molar-refractivity contribution is -0.120. The van der Waals surface area contributed by atoms with Gasteiger partial charge in [0.05, 0.1) is 17.7 Å². The van der Waals surface area contributed by atoms with Crippen LogP contribution in [0.15, 0.2) is 48.5 Å². The van der Waals surface area contributed by atoms with Gasteiger partial charge in [-0.15, -0.1) is 0 Å². The van der Waals surface area contributed by atoms with Crippen LogP contribution in [-0.4, -0.2) is 48.8 Å². The number of carbonyl (C=O) groups excluding carboxylic acids is 2. The summed E-state index contributed by atoms with van der Waals surface area (Å²) in [4.78, 5) is 28.4. The van der Waals surface area contributed by atoms with Crippen LogP contribution in [0.1, 0.15) is 29.8 Å². The van der Waals surface area contributed by atoms with Crippen LogP contribution in [0.2, 0.25) is 0 Å². The maximum absolute atomic E-state index is 12.6. The monoisotopic (exact) mass is 376 g/mol. The first kappa shape index (κ1) is 19.6. The van der Waals surface area contributed by atoms with Crippen molar-refractivity contribution in [3.63, 3.8) is 0 Å². The van der Waals surface area contributed by atoms with Crippen LogP contribution in [0.4, 0.5) is 11.4 Å².